The predicted octanol–water partition coefficient (Wildman–Crippen LogP) is 2.97. The number of rotatable bonds is 3. The molecule has 2 fully saturated rings. The van der Waals surface area contributed by atoms with E-state index in [1.807, 2.05) is 61.2 Å². The zero-order chi connectivity index (χ0) is 20.1. The van der Waals surface area contributed by atoms with Crippen LogP contribution in [0.15, 0.2) is 42.5 Å². The lowest BCUT2D eigenvalue weighted by Gasteiger charge is -2.43. The number of carbonyl (C=O) groups excluding carboxylic acids is 1. The molecule has 0 aliphatic carbocycles. The Bertz CT molecular complexity index is 1040. The van der Waals surface area contributed by atoms with E-state index >= 15 is 0 Å². The van der Waals surface area contributed by atoms with Crippen LogP contribution in [0.1, 0.15) is 16.7 Å². The third-order valence-corrected chi connectivity index (χ3v) is 7.87. The first-order valence-corrected chi connectivity index (χ1v) is 11.5. The molecule has 7 heteroatoms. The Kier molecular flexibility index (Phi) is 4.98. The lowest BCUT2D eigenvalue weighted by atomic mass is 10.0. The average molecular weight is 419 g/mol. The highest BCUT2D eigenvalue weighted by Crippen LogP contribution is 2.33. The van der Waals surface area contributed by atoms with Crippen LogP contribution >= 0.6 is 11.6 Å². The first-order chi connectivity index (χ1) is 13.2. The number of nitrogens with zero attached hydrogens (tertiary/aromatic N) is 2. The molecule has 148 valence electrons. The summed E-state index contributed by atoms with van der Waals surface area (Å²) in [5.41, 5.74) is 3.91. The number of aryl methyl sites for hydroxylation is 2. The average Bonchev–Trinajstić information content (AvgIpc) is 2.95. The summed E-state index contributed by atoms with van der Waals surface area (Å²) < 4.78 is 25.0. The van der Waals surface area contributed by atoms with Gasteiger partial charge in [0.25, 0.3) is 0 Å². The first kappa shape index (κ1) is 19.4. The van der Waals surface area contributed by atoms with Crippen LogP contribution in [0.5, 0.6) is 0 Å². The smallest absolute Gasteiger partial charge is 0.241 e. The van der Waals surface area contributed by atoms with Gasteiger partial charge < -0.3 is 4.90 Å². The Hall–Kier alpha value is -1.89. The lowest BCUT2D eigenvalue weighted by Crippen LogP contribution is -2.61. The van der Waals surface area contributed by atoms with Crippen molar-refractivity contribution in [2.75, 3.05) is 23.0 Å². The second-order valence-electron chi connectivity index (χ2n) is 7.74. The van der Waals surface area contributed by atoms with Gasteiger partial charge in [-0.1, -0.05) is 35.9 Å². The Labute approximate surface area is 170 Å². The van der Waals surface area contributed by atoms with Gasteiger partial charge in [-0.2, -0.15) is 0 Å². The third-order valence-electron chi connectivity index (χ3n) is 5.80. The number of piperazine rings is 1. The van der Waals surface area contributed by atoms with Crippen molar-refractivity contribution in [2.45, 2.75) is 32.5 Å². The predicted molar refractivity (Wildman–Crippen MR) is 111 cm³/mol. The topological polar surface area (TPSA) is 57.7 Å². The maximum absolute atomic E-state index is 13.1. The van der Waals surface area contributed by atoms with Crippen LogP contribution in [-0.4, -0.2) is 49.4 Å². The van der Waals surface area contributed by atoms with Crippen molar-refractivity contribution in [1.82, 2.24) is 4.90 Å². The minimum absolute atomic E-state index is 0.00461. The molecular formula is C21H23ClN2O3S. The third kappa shape index (κ3) is 3.56. The maximum Gasteiger partial charge on any atom is 0.241 e. The molecule has 1 amide bonds. The number of hydrogen-bond donors (Lipinski definition) is 0. The zero-order valence-electron chi connectivity index (χ0n) is 15.9. The second kappa shape index (κ2) is 7.17. The summed E-state index contributed by atoms with van der Waals surface area (Å²) >= 11 is 6.30. The van der Waals surface area contributed by atoms with Crippen LogP contribution in [0.3, 0.4) is 0 Å². The van der Waals surface area contributed by atoms with E-state index in [0.29, 0.717) is 11.6 Å². The summed E-state index contributed by atoms with van der Waals surface area (Å²) in [7, 11) is -3.22. The highest BCUT2D eigenvalue weighted by atomic mass is 35.5. The fourth-order valence-electron chi connectivity index (χ4n) is 4.19. The Morgan fingerprint density at radius 3 is 2.46 bits per heavy atom. The lowest BCUT2D eigenvalue weighted by molar-refractivity contribution is -0.123. The molecule has 0 spiro atoms. The quantitative estimate of drug-likeness (QED) is 0.768. The van der Waals surface area contributed by atoms with Crippen molar-refractivity contribution in [3.05, 3.63) is 64.2 Å². The monoisotopic (exact) mass is 418 g/mol. The van der Waals surface area contributed by atoms with Crippen LogP contribution in [0, 0.1) is 13.8 Å². The van der Waals surface area contributed by atoms with Gasteiger partial charge in [0.1, 0.15) is 0 Å². The molecule has 2 aliphatic rings. The summed E-state index contributed by atoms with van der Waals surface area (Å²) in [6.07, 6.45) is 0. The van der Waals surface area contributed by atoms with Crippen molar-refractivity contribution in [2.24, 2.45) is 0 Å². The van der Waals surface area contributed by atoms with E-state index in [1.54, 1.807) is 4.90 Å². The number of benzene rings is 2. The van der Waals surface area contributed by atoms with Gasteiger partial charge in [-0.25, -0.2) is 8.42 Å². The van der Waals surface area contributed by atoms with Gasteiger partial charge >= 0.3 is 0 Å². The summed E-state index contributed by atoms with van der Waals surface area (Å²) in [6.45, 7) is 4.66. The Morgan fingerprint density at radius 1 is 1.04 bits per heavy atom. The second-order valence-corrected chi connectivity index (χ2v) is 10.3. The minimum Gasteiger partial charge on any atom is -0.306 e. The molecule has 28 heavy (non-hydrogen) atoms. The summed E-state index contributed by atoms with van der Waals surface area (Å²) in [5, 5.41) is 0.629. The molecule has 0 N–H and O–H groups in total. The Balaban J connectivity index is 1.69. The van der Waals surface area contributed by atoms with Crippen molar-refractivity contribution >= 4 is 33.0 Å². The van der Waals surface area contributed by atoms with Crippen LogP contribution in [-0.2, 0) is 21.2 Å². The molecule has 2 heterocycles. The molecule has 0 bridgehead atoms. The van der Waals surface area contributed by atoms with Crippen molar-refractivity contribution < 1.29 is 13.2 Å². The molecule has 5 nitrogen and oxygen atoms in total. The number of sulfone groups is 1. The molecule has 2 aromatic carbocycles. The van der Waals surface area contributed by atoms with Gasteiger partial charge in [-0.05, 0) is 48.7 Å². The van der Waals surface area contributed by atoms with Gasteiger partial charge in [0.05, 0.1) is 24.1 Å². The summed E-state index contributed by atoms with van der Waals surface area (Å²) in [6, 6.07) is 12.7. The molecule has 4 rings (SSSR count). The van der Waals surface area contributed by atoms with Crippen molar-refractivity contribution in [1.29, 1.82) is 0 Å². The van der Waals surface area contributed by atoms with Gasteiger partial charge in [0.2, 0.25) is 5.91 Å². The van der Waals surface area contributed by atoms with E-state index in [-0.39, 0.29) is 36.0 Å². The number of halogens is 1. The summed E-state index contributed by atoms with van der Waals surface area (Å²) in [5.74, 6) is -0.0137. The van der Waals surface area contributed by atoms with Crippen LogP contribution in [0.4, 0.5) is 5.69 Å². The van der Waals surface area contributed by atoms with E-state index in [2.05, 4.69) is 0 Å². The number of carbonyl (C=O) groups is 1. The van der Waals surface area contributed by atoms with Gasteiger partial charge in [0.15, 0.2) is 9.84 Å². The van der Waals surface area contributed by atoms with E-state index in [4.69, 9.17) is 11.6 Å². The molecule has 0 saturated carbocycles. The number of hydrogen-bond acceptors (Lipinski definition) is 4. The largest absolute Gasteiger partial charge is 0.306 e. The number of fused-ring (bicyclic) bond motifs is 1. The van der Waals surface area contributed by atoms with Crippen LogP contribution in [0.2, 0.25) is 5.02 Å². The van der Waals surface area contributed by atoms with Gasteiger partial charge in [0, 0.05) is 23.3 Å². The SMILES string of the molecule is Cc1ccc(N2C(=O)CN(Cc3ccccc3Cl)[C@H]3CS(=O)(=O)C[C@H]32)cc1C. The fraction of sp³-hybridized carbons (Fsp3) is 0.381. The van der Waals surface area contributed by atoms with E-state index in [1.165, 1.54) is 0 Å². The number of anilines is 1. The van der Waals surface area contributed by atoms with Crippen LogP contribution in [0.25, 0.3) is 0 Å². The minimum atomic E-state index is -3.22. The molecule has 0 unspecified atom stereocenters. The molecule has 0 aromatic heterocycles. The maximum atomic E-state index is 13.1. The van der Waals surface area contributed by atoms with E-state index in [9.17, 15) is 13.2 Å². The molecule has 0 radical (unpaired) electrons. The first-order valence-electron chi connectivity index (χ1n) is 9.32. The van der Waals surface area contributed by atoms with E-state index in [0.717, 1.165) is 22.4 Å². The molecular weight excluding hydrogens is 396 g/mol. The molecule has 2 saturated heterocycles. The van der Waals surface area contributed by atoms with Crippen molar-refractivity contribution in [3.8, 4) is 0 Å². The highest BCUT2D eigenvalue weighted by molar-refractivity contribution is 7.91. The van der Waals surface area contributed by atoms with Gasteiger partial charge in [-0.3, -0.25) is 9.69 Å². The molecule has 2 aromatic rings. The molecule has 2 aliphatic heterocycles. The van der Waals surface area contributed by atoms with E-state index < -0.39 is 9.84 Å². The normalized spacial score (nSPS) is 24.4. The Morgan fingerprint density at radius 2 is 1.75 bits per heavy atom. The molecule has 2 atom stereocenters. The standard InChI is InChI=1S/C21H23ClN2O3S/c1-14-7-8-17(9-15(14)2)24-20-13-28(26,27)12-19(20)23(11-21(24)25)10-16-5-3-4-6-18(16)22/h3-9,19-20H,10-13H2,1-2H3/t19-,20+/m0/s1. The van der Waals surface area contributed by atoms with Crippen LogP contribution < -0.4 is 4.90 Å². The van der Waals surface area contributed by atoms with Gasteiger partial charge in [-0.15, -0.1) is 0 Å². The zero-order valence-corrected chi connectivity index (χ0v) is 17.5. The summed E-state index contributed by atoms with van der Waals surface area (Å²) in [4.78, 5) is 16.8. The number of amides is 1. The van der Waals surface area contributed by atoms with Crippen molar-refractivity contribution in [3.63, 3.8) is 0 Å². The fourth-order valence-corrected chi connectivity index (χ4v) is 6.36. The highest BCUT2D eigenvalue weighted by Gasteiger charge is 2.49.